The number of hydrogen-bond acceptors (Lipinski definition) is 6. The van der Waals surface area contributed by atoms with Crippen LogP contribution in [0.25, 0.3) is 0 Å². The predicted octanol–water partition coefficient (Wildman–Crippen LogP) is 1.08. The molecule has 124 valence electrons. The molecule has 0 saturated heterocycles. The van der Waals surface area contributed by atoms with E-state index in [1.165, 1.54) is 6.92 Å². The van der Waals surface area contributed by atoms with Crippen molar-refractivity contribution in [3.63, 3.8) is 0 Å². The van der Waals surface area contributed by atoms with Gasteiger partial charge in [-0.1, -0.05) is 0 Å². The lowest BCUT2D eigenvalue weighted by Gasteiger charge is -2.23. The van der Waals surface area contributed by atoms with Gasteiger partial charge in [0.25, 0.3) is 0 Å². The van der Waals surface area contributed by atoms with Gasteiger partial charge in [0.2, 0.25) is 0 Å². The lowest BCUT2D eigenvalue weighted by atomic mass is 10.2. The Morgan fingerprint density at radius 2 is 1.38 bits per heavy atom. The third kappa shape index (κ3) is 10.1. The van der Waals surface area contributed by atoms with Crippen molar-refractivity contribution < 1.29 is 27.5 Å². The van der Waals surface area contributed by atoms with Crippen LogP contribution < -0.4 is 9.44 Å². The largest absolute Gasteiger partial charge is 0.459 e. The van der Waals surface area contributed by atoms with E-state index in [1.807, 2.05) is 4.72 Å². The summed E-state index contributed by atoms with van der Waals surface area (Å²) in [5, 5.41) is 0. The zero-order valence-corrected chi connectivity index (χ0v) is 14.3. The van der Waals surface area contributed by atoms with E-state index >= 15 is 0 Å². The molecule has 9 heteroatoms. The Bertz CT molecular complexity index is 487. The molecule has 0 aromatic carbocycles. The number of amides is 1. The monoisotopic (exact) mass is 324 g/mol. The molecule has 0 rings (SSSR count). The van der Waals surface area contributed by atoms with Crippen LogP contribution >= 0.6 is 0 Å². The van der Waals surface area contributed by atoms with Crippen LogP contribution in [0.4, 0.5) is 4.79 Å². The molecule has 1 amide bonds. The number of esters is 1. The standard InChI is InChI=1S/C12H24N2O6S/c1-8(9(15)19-11(2,3)4)13-21(17,18)14-10(16)20-12(5,6)7/h8,13H,1-7H3,(H,14,16). The molecule has 0 saturated carbocycles. The molecular weight excluding hydrogens is 300 g/mol. The minimum absolute atomic E-state index is 0.741. The molecule has 0 heterocycles. The summed E-state index contributed by atoms with van der Waals surface area (Å²) in [5.41, 5.74) is -1.58. The Hall–Kier alpha value is -1.35. The van der Waals surface area contributed by atoms with Crippen LogP contribution in [0.2, 0.25) is 0 Å². The Labute approximate surface area is 125 Å². The second-order valence-electron chi connectivity index (χ2n) is 6.48. The summed E-state index contributed by atoms with van der Waals surface area (Å²) in [5.74, 6) is -0.753. The zero-order chi connectivity index (χ0) is 17.1. The van der Waals surface area contributed by atoms with Gasteiger partial charge in [-0.2, -0.15) is 13.1 Å². The van der Waals surface area contributed by atoms with Gasteiger partial charge in [-0.3, -0.25) is 4.79 Å². The molecule has 0 bridgehead atoms. The number of nitrogens with one attached hydrogen (secondary N) is 2. The van der Waals surface area contributed by atoms with Gasteiger partial charge in [0, 0.05) is 0 Å². The van der Waals surface area contributed by atoms with Gasteiger partial charge in [-0.15, -0.1) is 0 Å². The van der Waals surface area contributed by atoms with Gasteiger partial charge in [-0.25, -0.2) is 9.52 Å². The lowest BCUT2D eigenvalue weighted by molar-refractivity contribution is -0.156. The van der Waals surface area contributed by atoms with Crippen LogP contribution in [0.5, 0.6) is 0 Å². The summed E-state index contributed by atoms with van der Waals surface area (Å²) in [6, 6.07) is -1.15. The molecule has 2 N–H and O–H groups in total. The molecule has 0 aromatic heterocycles. The Kier molecular flexibility index (Phi) is 6.18. The van der Waals surface area contributed by atoms with Crippen LogP contribution in [0, 0.1) is 0 Å². The highest BCUT2D eigenvalue weighted by molar-refractivity contribution is 7.88. The highest BCUT2D eigenvalue weighted by Crippen LogP contribution is 2.09. The summed E-state index contributed by atoms with van der Waals surface area (Å²) in [6.45, 7) is 11.1. The molecule has 21 heavy (non-hydrogen) atoms. The highest BCUT2D eigenvalue weighted by Gasteiger charge is 2.27. The fourth-order valence-electron chi connectivity index (χ4n) is 1.11. The zero-order valence-electron chi connectivity index (χ0n) is 13.4. The number of carbonyl (C=O) groups excluding carboxylic acids is 2. The first-order valence-corrected chi connectivity index (χ1v) is 7.85. The van der Waals surface area contributed by atoms with Crippen molar-refractivity contribution in [2.75, 3.05) is 0 Å². The molecule has 0 spiro atoms. The topological polar surface area (TPSA) is 111 Å². The molecule has 1 atom stereocenters. The second-order valence-corrected chi connectivity index (χ2v) is 7.93. The number of hydrogen-bond donors (Lipinski definition) is 2. The van der Waals surface area contributed by atoms with E-state index in [4.69, 9.17) is 9.47 Å². The minimum atomic E-state index is -4.23. The summed E-state index contributed by atoms with van der Waals surface area (Å²) in [4.78, 5) is 23.0. The number of ether oxygens (including phenoxy) is 2. The first-order valence-electron chi connectivity index (χ1n) is 6.37. The molecule has 0 radical (unpaired) electrons. The van der Waals surface area contributed by atoms with Crippen molar-refractivity contribution >= 4 is 22.3 Å². The van der Waals surface area contributed by atoms with Crippen molar-refractivity contribution in [3.05, 3.63) is 0 Å². The summed E-state index contributed by atoms with van der Waals surface area (Å²) < 4.78 is 36.8. The first-order chi connectivity index (χ1) is 9.11. The maximum absolute atomic E-state index is 11.7. The summed E-state index contributed by atoms with van der Waals surface area (Å²) >= 11 is 0. The van der Waals surface area contributed by atoms with Crippen LogP contribution in [0.1, 0.15) is 48.5 Å². The van der Waals surface area contributed by atoms with Gasteiger partial charge < -0.3 is 9.47 Å². The maximum atomic E-state index is 11.7. The van der Waals surface area contributed by atoms with Crippen molar-refractivity contribution in [2.45, 2.75) is 65.7 Å². The van der Waals surface area contributed by atoms with Gasteiger partial charge in [0.05, 0.1) is 0 Å². The highest BCUT2D eigenvalue weighted by atomic mass is 32.2. The third-order valence-corrected chi connectivity index (χ3v) is 2.81. The van der Waals surface area contributed by atoms with Crippen molar-refractivity contribution in [1.82, 2.24) is 9.44 Å². The van der Waals surface area contributed by atoms with E-state index in [9.17, 15) is 18.0 Å². The third-order valence-electron chi connectivity index (χ3n) is 1.71. The molecule has 0 aliphatic rings. The Morgan fingerprint density at radius 1 is 0.952 bits per heavy atom. The van der Waals surface area contributed by atoms with Gasteiger partial charge in [-0.05, 0) is 48.5 Å². The van der Waals surface area contributed by atoms with E-state index in [2.05, 4.69) is 0 Å². The fraction of sp³-hybridized carbons (Fsp3) is 0.833. The quantitative estimate of drug-likeness (QED) is 0.749. The van der Waals surface area contributed by atoms with E-state index in [1.54, 1.807) is 46.3 Å². The minimum Gasteiger partial charge on any atom is -0.459 e. The van der Waals surface area contributed by atoms with E-state index in [0.29, 0.717) is 0 Å². The summed E-state index contributed by atoms with van der Waals surface area (Å²) in [6.07, 6.45) is -1.13. The number of carbonyl (C=O) groups is 2. The smallest absolute Gasteiger partial charge is 0.422 e. The van der Waals surface area contributed by atoms with E-state index in [0.717, 1.165) is 0 Å². The Balaban J connectivity index is 4.61. The average Bonchev–Trinajstić information content (AvgIpc) is 2.08. The molecule has 8 nitrogen and oxygen atoms in total. The predicted molar refractivity (Wildman–Crippen MR) is 76.7 cm³/mol. The van der Waals surface area contributed by atoms with Crippen LogP contribution in [0.15, 0.2) is 0 Å². The molecule has 0 fully saturated rings. The fourth-order valence-corrected chi connectivity index (χ4v) is 1.99. The van der Waals surface area contributed by atoms with E-state index in [-0.39, 0.29) is 0 Å². The summed E-state index contributed by atoms with van der Waals surface area (Å²) in [7, 11) is -4.23. The van der Waals surface area contributed by atoms with Gasteiger partial charge >= 0.3 is 22.3 Å². The lowest BCUT2D eigenvalue weighted by Crippen LogP contribution is -2.49. The van der Waals surface area contributed by atoms with Crippen LogP contribution in [-0.4, -0.2) is 37.7 Å². The van der Waals surface area contributed by atoms with Crippen molar-refractivity contribution in [1.29, 1.82) is 0 Å². The molecule has 0 aliphatic heterocycles. The molecule has 1 unspecified atom stereocenters. The SMILES string of the molecule is CC(NS(=O)(=O)NC(=O)OC(C)(C)C)C(=O)OC(C)(C)C. The van der Waals surface area contributed by atoms with Crippen molar-refractivity contribution in [2.24, 2.45) is 0 Å². The van der Waals surface area contributed by atoms with Crippen molar-refractivity contribution in [3.8, 4) is 0 Å². The first kappa shape index (κ1) is 19.7. The number of rotatable bonds is 4. The molecular formula is C12H24N2O6S. The average molecular weight is 324 g/mol. The normalized spacial score (nSPS) is 14.2. The molecule has 0 aliphatic carbocycles. The molecule has 0 aromatic rings. The van der Waals surface area contributed by atoms with Gasteiger partial charge in [0.1, 0.15) is 17.2 Å². The second kappa shape index (κ2) is 6.61. The van der Waals surface area contributed by atoms with Crippen LogP contribution in [-0.2, 0) is 24.5 Å². The Morgan fingerprint density at radius 3 is 1.76 bits per heavy atom. The van der Waals surface area contributed by atoms with Gasteiger partial charge in [0.15, 0.2) is 0 Å². The van der Waals surface area contributed by atoms with Crippen LogP contribution in [0.3, 0.4) is 0 Å². The van der Waals surface area contributed by atoms with E-state index < -0.39 is 39.5 Å². The maximum Gasteiger partial charge on any atom is 0.422 e.